The molecule has 0 unspecified atom stereocenters. The Balaban J connectivity index is 0.00000480. The molecule has 2 aliphatic rings. The van der Waals surface area contributed by atoms with Crippen LogP contribution in [0.4, 0.5) is 0 Å². The second-order valence-electron chi connectivity index (χ2n) is 6.90. The van der Waals surface area contributed by atoms with Crippen LogP contribution in [0.25, 0.3) is 0 Å². The third kappa shape index (κ3) is 6.32. The van der Waals surface area contributed by atoms with E-state index in [4.69, 9.17) is 18.9 Å². The van der Waals surface area contributed by atoms with E-state index in [1.165, 1.54) is 0 Å². The number of hydrogen-bond acceptors (Lipinski definition) is 14. The van der Waals surface area contributed by atoms with Crippen molar-refractivity contribution in [1.29, 1.82) is 0 Å². The molecule has 31 heavy (non-hydrogen) atoms. The van der Waals surface area contributed by atoms with E-state index in [1.807, 2.05) is 0 Å². The van der Waals surface area contributed by atoms with Gasteiger partial charge in [0.25, 0.3) is 0 Å². The molecule has 0 bridgehead atoms. The number of aliphatic hydroxyl groups excluding tert-OH is 7. The van der Waals surface area contributed by atoms with Crippen LogP contribution in [-0.2, 0) is 28.5 Å². The van der Waals surface area contributed by atoms with Crippen LogP contribution in [0.2, 0.25) is 0 Å². The summed E-state index contributed by atoms with van der Waals surface area (Å²) in [5.41, 5.74) is 0. The molecule has 0 radical (unpaired) electrons. The van der Waals surface area contributed by atoms with Gasteiger partial charge < -0.3 is 64.6 Å². The van der Waals surface area contributed by atoms with Crippen molar-refractivity contribution < 1.29 is 98.9 Å². The van der Waals surface area contributed by atoms with E-state index < -0.39 is 99.4 Å². The Kier molecular flexibility index (Phi) is 11.2. The quantitative estimate of drug-likeness (QED) is 0.124. The van der Waals surface area contributed by atoms with Crippen LogP contribution in [-0.4, -0.2) is 122 Å². The molecule has 15 heteroatoms. The van der Waals surface area contributed by atoms with Gasteiger partial charge in [-0.15, -0.1) is 0 Å². The van der Waals surface area contributed by atoms with Crippen LogP contribution >= 0.6 is 0 Å². The number of rotatable bonds is 9. The summed E-state index contributed by atoms with van der Waals surface area (Å²) in [6.45, 7) is -2.68. The maximum atomic E-state index is 11.9. The van der Waals surface area contributed by atoms with Crippen LogP contribution in [0.5, 0.6) is 0 Å². The minimum Gasteiger partial charge on any atom is -0.550 e. The number of hydrogen-bond donors (Lipinski definition) is 7. The largest absolute Gasteiger partial charge is 1.00 e. The molecule has 0 spiro atoms. The predicted octanol–water partition coefficient (Wildman–Crippen LogP) is -9.31. The molecule has 0 amide bonds. The SMILES string of the molecule is O=C([O-])CCC(=O)O[C@H]1[C@H](O)[C@@H](CO)O[C@@]1(CO)O[C@H]1O[C@H](CO)[C@@H](O)[C@H](O)[C@H]1O.[Na+]. The van der Waals surface area contributed by atoms with Crippen LogP contribution in [0, 0.1) is 0 Å². The molecule has 7 N–H and O–H groups in total. The molecule has 0 aromatic heterocycles. The second-order valence-corrected chi connectivity index (χ2v) is 6.90. The molecule has 0 saturated carbocycles. The van der Waals surface area contributed by atoms with Gasteiger partial charge in [-0.3, -0.25) is 4.79 Å². The number of carbonyl (C=O) groups excluding carboxylic acids is 2. The average Bonchev–Trinajstić information content (AvgIpc) is 2.98. The van der Waals surface area contributed by atoms with Gasteiger partial charge in [-0.2, -0.15) is 0 Å². The molecule has 9 atom stereocenters. The smallest absolute Gasteiger partial charge is 0.550 e. The van der Waals surface area contributed by atoms with Crippen molar-refractivity contribution in [3.8, 4) is 0 Å². The van der Waals surface area contributed by atoms with E-state index in [9.17, 15) is 50.4 Å². The first kappa shape index (κ1) is 28.6. The van der Waals surface area contributed by atoms with Crippen LogP contribution in [0.3, 0.4) is 0 Å². The van der Waals surface area contributed by atoms with Crippen molar-refractivity contribution in [1.82, 2.24) is 0 Å². The summed E-state index contributed by atoms with van der Waals surface area (Å²) < 4.78 is 20.8. The fourth-order valence-electron chi connectivity index (χ4n) is 3.18. The first-order valence-electron chi connectivity index (χ1n) is 9.05. The maximum Gasteiger partial charge on any atom is 1.00 e. The van der Waals surface area contributed by atoms with E-state index in [2.05, 4.69) is 0 Å². The van der Waals surface area contributed by atoms with Gasteiger partial charge in [0.2, 0.25) is 5.79 Å². The summed E-state index contributed by atoms with van der Waals surface area (Å²) in [4.78, 5) is 22.4. The number of carbonyl (C=O) groups is 2. The summed E-state index contributed by atoms with van der Waals surface area (Å²) in [7, 11) is 0. The number of aliphatic hydroxyl groups is 7. The number of carboxylic acid groups (broad SMARTS) is 1. The molecule has 2 aliphatic heterocycles. The number of carboxylic acids is 1. The molecule has 14 nitrogen and oxygen atoms in total. The monoisotopic (exact) mass is 464 g/mol. The van der Waals surface area contributed by atoms with Crippen molar-refractivity contribution in [3.63, 3.8) is 0 Å². The van der Waals surface area contributed by atoms with Gasteiger partial charge >= 0.3 is 35.5 Å². The van der Waals surface area contributed by atoms with E-state index >= 15 is 0 Å². The van der Waals surface area contributed by atoms with Gasteiger partial charge in [0.15, 0.2) is 12.4 Å². The topological polar surface area (TPSA) is 236 Å². The van der Waals surface area contributed by atoms with Gasteiger partial charge in [-0.25, -0.2) is 0 Å². The molecule has 2 rings (SSSR count). The van der Waals surface area contributed by atoms with Crippen molar-refractivity contribution in [2.24, 2.45) is 0 Å². The molecular weight excluding hydrogens is 439 g/mol. The van der Waals surface area contributed by atoms with Gasteiger partial charge in [-0.1, -0.05) is 0 Å². The fourth-order valence-corrected chi connectivity index (χ4v) is 3.18. The molecule has 0 aromatic carbocycles. The van der Waals surface area contributed by atoms with Crippen LogP contribution in [0.1, 0.15) is 12.8 Å². The van der Waals surface area contributed by atoms with E-state index in [1.54, 1.807) is 0 Å². The minimum absolute atomic E-state index is 0. The van der Waals surface area contributed by atoms with Crippen molar-refractivity contribution in [3.05, 3.63) is 0 Å². The van der Waals surface area contributed by atoms with Gasteiger partial charge in [0.05, 0.1) is 19.6 Å². The number of aliphatic carboxylic acids is 1. The summed E-state index contributed by atoms with van der Waals surface area (Å²) >= 11 is 0. The summed E-state index contributed by atoms with van der Waals surface area (Å²) in [5, 5.41) is 79.1. The van der Waals surface area contributed by atoms with Gasteiger partial charge in [0.1, 0.15) is 43.2 Å². The Hall–Kier alpha value is -0.460. The molecule has 0 aromatic rings. The average molecular weight is 464 g/mol. The van der Waals surface area contributed by atoms with Crippen molar-refractivity contribution in [2.75, 3.05) is 19.8 Å². The van der Waals surface area contributed by atoms with E-state index in [0.29, 0.717) is 0 Å². The summed E-state index contributed by atoms with van der Waals surface area (Å²) in [5.74, 6) is -5.06. The van der Waals surface area contributed by atoms with Gasteiger partial charge in [-0.05, 0) is 6.42 Å². The Morgan fingerprint density at radius 1 is 0.903 bits per heavy atom. The van der Waals surface area contributed by atoms with Gasteiger partial charge in [0, 0.05) is 5.97 Å². The molecule has 174 valence electrons. The molecule has 2 saturated heterocycles. The molecule has 2 fully saturated rings. The number of esters is 1. The zero-order chi connectivity index (χ0) is 22.6. The molecule has 0 aliphatic carbocycles. The zero-order valence-corrected chi connectivity index (χ0v) is 18.6. The first-order valence-corrected chi connectivity index (χ1v) is 9.05. The van der Waals surface area contributed by atoms with E-state index in [-0.39, 0.29) is 29.6 Å². The van der Waals surface area contributed by atoms with Crippen LogP contribution < -0.4 is 34.7 Å². The standard InChI is InChI=1S/C16H26O14.Na/c17-3-6-10(23)12(25)13(26)15(27-6)30-16(5-19)14(11(24)7(4-18)29-16)28-9(22)2-1-8(20)21;/h6-7,10-15,17-19,23-26H,1-5H2,(H,20,21);/q;+1/p-1/t6-,7-,10-,11-,12+,13-,14+,15-,16+;/m1./s1. The van der Waals surface area contributed by atoms with Crippen molar-refractivity contribution in [2.45, 2.75) is 67.6 Å². The Labute approximate surface area is 198 Å². The minimum atomic E-state index is -2.41. The summed E-state index contributed by atoms with van der Waals surface area (Å²) in [6, 6.07) is 0. The third-order valence-corrected chi connectivity index (χ3v) is 4.83. The maximum absolute atomic E-state index is 11.9. The van der Waals surface area contributed by atoms with Crippen molar-refractivity contribution >= 4 is 11.9 Å². The zero-order valence-electron chi connectivity index (χ0n) is 16.6. The van der Waals surface area contributed by atoms with E-state index in [0.717, 1.165) is 0 Å². The fraction of sp³-hybridized carbons (Fsp3) is 0.875. The Morgan fingerprint density at radius 3 is 2.03 bits per heavy atom. The normalized spacial score (nSPS) is 40.2. The first-order chi connectivity index (χ1) is 14.1. The number of ether oxygens (including phenoxy) is 4. The summed E-state index contributed by atoms with van der Waals surface area (Å²) in [6.07, 6.45) is -14.9. The second kappa shape index (κ2) is 12.1. The predicted molar refractivity (Wildman–Crippen MR) is 86.8 cm³/mol. The Morgan fingerprint density at radius 2 is 1.52 bits per heavy atom. The molecule has 2 heterocycles. The molecular formula is C16H25NaO14. The third-order valence-electron chi connectivity index (χ3n) is 4.83. The Bertz CT molecular complexity index is 605. The van der Waals surface area contributed by atoms with Crippen LogP contribution in [0.15, 0.2) is 0 Å².